The molecule has 86 valence electrons. The van der Waals surface area contributed by atoms with Gasteiger partial charge in [-0.3, -0.25) is 0 Å². The van der Waals surface area contributed by atoms with Crippen molar-refractivity contribution in [2.45, 2.75) is 52.7 Å². The van der Waals surface area contributed by atoms with Crippen LogP contribution in [0.1, 0.15) is 40.5 Å². The van der Waals surface area contributed by atoms with Gasteiger partial charge in [-0.1, -0.05) is 27.7 Å². The maximum Gasteiger partial charge on any atom is 0.0638 e. The first kappa shape index (κ1) is 13.9. The first-order chi connectivity index (χ1) is 6.30. The summed E-state index contributed by atoms with van der Waals surface area (Å²) in [5.41, 5.74) is -0.209. The van der Waals surface area contributed by atoms with Crippen molar-refractivity contribution < 1.29 is 15.3 Å². The minimum Gasteiger partial charge on any atom is -0.396 e. The molecule has 0 saturated carbocycles. The van der Waals surface area contributed by atoms with Gasteiger partial charge in [0.15, 0.2) is 0 Å². The minimum absolute atomic E-state index is 0.0927. The second-order valence-corrected chi connectivity index (χ2v) is 5.10. The summed E-state index contributed by atoms with van der Waals surface area (Å²) >= 11 is 0. The number of rotatable bonds is 5. The Morgan fingerprint density at radius 2 is 1.64 bits per heavy atom. The van der Waals surface area contributed by atoms with Gasteiger partial charge in [-0.15, -0.1) is 0 Å². The van der Waals surface area contributed by atoms with Crippen LogP contribution in [0.4, 0.5) is 0 Å². The summed E-state index contributed by atoms with van der Waals surface area (Å²) in [5.74, 6) is -0.151. The molecule has 0 amide bonds. The van der Waals surface area contributed by atoms with Crippen LogP contribution < -0.4 is 0 Å². The highest BCUT2D eigenvalue weighted by Crippen LogP contribution is 2.28. The van der Waals surface area contributed by atoms with Crippen LogP contribution in [0.25, 0.3) is 0 Å². The molecule has 0 spiro atoms. The fourth-order valence-corrected chi connectivity index (χ4v) is 1.56. The van der Waals surface area contributed by atoms with E-state index in [1.807, 2.05) is 27.7 Å². The van der Waals surface area contributed by atoms with E-state index in [0.29, 0.717) is 12.8 Å². The van der Waals surface area contributed by atoms with Crippen LogP contribution in [0.3, 0.4) is 0 Å². The molecule has 0 radical (unpaired) electrons. The van der Waals surface area contributed by atoms with Crippen molar-refractivity contribution in [2.24, 2.45) is 11.3 Å². The predicted octanol–water partition coefficient (Wildman–Crippen LogP) is 1.16. The average Bonchev–Trinajstić information content (AvgIpc) is 2.10. The monoisotopic (exact) mass is 204 g/mol. The molecule has 0 aromatic carbocycles. The highest BCUT2D eigenvalue weighted by atomic mass is 16.3. The van der Waals surface area contributed by atoms with Crippen molar-refractivity contribution in [2.75, 3.05) is 6.61 Å². The van der Waals surface area contributed by atoms with Gasteiger partial charge in [0.25, 0.3) is 0 Å². The molecule has 0 aliphatic carbocycles. The van der Waals surface area contributed by atoms with Crippen LogP contribution in [0.5, 0.6) is 0 Å². The van der Waals surface area contributed by atoms with Crippen LogP contribution in [-0.4, -0.2) is 34.1 Å². The Kier molecular flexibility index (Phi) is 5.64. The second kappa shape index (κ2) is 5.69. The van der Waals surface area contributed by atoms with Crippen LogP contribution in [0, 0.1) is 11.3 Å². The van der Waals surface area contributed by atoms with E-state index in [1.54, 1.807) is 0 Å². The third kappa shape index (κ3) is 4.40. The van der Waals surface area contributed by atoms with Crippen molar-refractivity contribution in [1.82, 2.24) is 0 Å². The van der Waals surface area contributed by atoms with E-state index in [-0.39, 0.29) is 17.9 Å². The summed E-state index contributed by atoms with van der Waals surface area (Å²) in [6, 6.07) is 0. The van der Waals surface area contributed by atoms with Crippen molar-refractivity contribution in [3.8, 4) is 0 Å². The molecule has 0 unspecified atom stereocenters. The molecule has 0 aromatic rings. The molecule has 0 heterocycles. The van der Waals surface area contributed by atoms with Gasteiger partial charge >= 0.3 is 0 Å². The highest BCUT2D eigenvalue weighted by molar-refractivity contribution is 4.81. The van der Waals surface area contributed by atoms with Gasteiger partial charge in [-0.05, 0) is 18.3 Å². The molecule has 0 rings (SSSR count). The third-order valence-electron chi connectivity index (χ3n) is 2.65. The fraction of sp³-hybridized carbons (Fsp3) is 1.00. The Bertz CT molecular complexity index is 151. The van der Waals surface area contributed by atoms with Gasteiger partial charge in [0.2, 0.25) is 0 Å². The molecule has 0 aliphatic heterocycles. The molecule has 14 heavy (non-hydrogen) atoms. The van der Waals surface area contributed by atoms with E-state index in [2.05, 4.69) is 0 Å². The third-order valence-corrected chi connectivity index (χ3v) is 2.65. The number of aliphatic hydroxyl groups is 3. The van der Waals surface area contributed by atoms with Crippen molar-refractivity contribution >= 4 is 0 Å². The zero-order valence-electron chi connectivity index (χ0n) is 9.70. The molecule has 0 aliphatic rings. The van der Waals surface area contributed by atoms with Crippen LogP contribution in [0.2, 0.25) is 0 Å². The van der Waals surface area contributed by atoms with E-state index in [9.17, 15) is 10.2 Å². The number of hydrogen-bond acceptors (Lipinski definition) is 3. The standard InChI is InChI=1S/C11H24O3/c1-8(9(13)6-5-7-12)10(14)11(2,3)4/h8-10,12-14H,5-7H2,1-4H3/t8-,9+,10+/m1/s1. The van der Waals surface area contributed by atoms with Gasteiger partial charge in [0.05, 0.1) is 12.2 Å². The topological polar surface area (TPSA) is 60.7 Å². The average molecular weight is 204 g/mol. The summed E-state index contributed by atoms with van der Waals surface area (Å²) in [7, 11) is 0. The van der Waals surface area contributed by atoms with Gasteiger partial charge in [-0.25, -0.2) is 0 Å². The summed E-state index contributed by atoms with van der Waals surface area (Å²) in [5, 5.41) is 28.2. The summed E-state index contributed by atoms with van der Waals surface area (Å²) in [4.78, 5) is 0. The zero-order valence-corrected chi connectivity index (χ0v) is 9.70. The van der Waals surface area contributed by atoms with E-state index >= 15 is 0 Å². The second-order valence-electron chi connectivity index (χ2n) is 5.10. The van der Waals surface area contributed by atoms with Crippen LogP contribution in [-0.2, 0) is 0 Å². The van der Waals surface area contributed by atoms with Gasteiger partial charge in [0, 0.05) is 12.5 Å². The van der Waals surface area contributed by atoms with Crippen molar-refractivity contribution in [3.63, 3.8) is 0 Å². The first-order valence-electron chi connectivity index (χ1n) is 5.27. The minimum atomic E-state index is -0.531. The summed E-state index contributed by atoms with van der Waals surface area (Å²) < 4.78 is 0. The van der Waals surface area contributed by atoms with Crippen molar-refractivity contribution in [3.05, 3.63) is 0 Å². The summed E-state index contributed by atoms with van der Waals surface area (Å²) in [6.45, 7) is 7.79. The molecule has 3 nitrogen and oxygen atoms in total. The van der Waals surface area contributed by atoms with Crippen molar-refractivity contribution in [1.29, 1.82) is 0 Å². The Balaban J connectivity index is 4.10. The maximum absolute atomic E-state index is 9.90. The molecular weight excluding hydrogens is 180 g/mol. The molecule has 0 fully saturated rings. The molecule has 0 saturated heterocycles. The van der Waals surface area contributed by atoms with E-state index in [0.717, 1.165) is 0 Å². The van der Waals surface area contributed by atoms with Gasteiger partial charge < -0.3 is 15.3 Å². The van der Waals surface area contributed by atoms with E-state index < -0.39 is 12.2 Å². The Morgan fingerprint density at radius 3 is 2.00 bits per heavy atom. The molecule has 3 atom stereocenters. The fourth-order valence-electron chi connectivity index (χ4n) is 1.56. The lowest BCUT2D eigenvalue weighted by Gasteiger charge is -2.33. The molecule has 0 bridgehead atoms. The van der Waals surface area contributed by atoms with E-state index in [4.69, 9.17) is 5.11 Å². The largest absolute Gasteiger partial charge is 0.396 e. The molecule has 3 heteroatoms. The van der Waals surface area contributed by atoms with Gasteiger partial charge in [-0.2, -0.15) is 0 Å². The lowest BCUT2D eigenvalue weighted by Crippen LogP contribution is -2.38. The Morgan fingerprint density at radius 1 is 1.14 bits per heavy atom. The highest BCUT2D eigenvalue weighted by Gasteiger charge is 2.31. The molecular formula is C11H24O3. The van der Waals surface area contributed by atoms with E-state index in [1.165, 1.54) is 0 Å². The van der Waals surface area contributed by atoms with Gasteiger partial charge in [0.1, 0.15) is 0 Å². The summed E-state index contributed by atoms with van der Waals surface area (Å²) in [6.07, 6.45) is 0.0836. The smallest absolute Gasteiger partial charge is 0.0638 e. The lowest BCUT2D eigenvalue weighted by molar-refractivity contribution is -0.0394. The lowest BCUT2D eigenvalue weighted by atomic mass is 9.79. The quantitative estimate of drug-likeness (QED) is 0.630. The normalized spacial score (nSPS) is 19.1. The Labute approximate surface area is 86.8 Å². The Hall–Kier alpha value is -0.120. The van der Waals surface area contributed by atoms with Crippen LogP contribution in [0.15, 0.2) is 0 Å². The molecule has 3 N–H and O–H groups in total. The molecule has 0 aromatic heterocycles. The number of hydrogen-bond donors (Lipinski definition) is 3. The maximum atomic E-state index is 9.90. The van der Waals surface area contributed by atoms with Crippen LogP contribution >= 0.6 is 0 Å². The number of aliphatic hydroxyl groups excluding tert-OH is 3. The SMILES string of the molecule is C[C@H]([C@@H](O)CCCO)[C@H](O)C(C)(C)C. The zero-order chi connectivity index (χ0) is 11.4. The predicted molar refractivity (Wildman–Crippen MR) is 57.0 cm³/mol. The first-order valence-corrected chi connectivity index (χ1v) is 5.27.